The van der Waals surface area contributed by atoms with Crippen LogP contribution < -0.4 is 5.73 Å². The second kappa shape index (κ2) is 9.64. The number of rotatable bonds is 7. The highest BCUT2D eigenvalue weighted by atomic mass is 16.4. The number of aromatic nitrogens is 3. The van der Waals surface area contributed by atoms with Gasteiger partial charge in [0.2, 0.25) is 0 Å². The van der Waals surface area contributed by atoms with Crippen LogP contribution in [0.1, 0.15) is 46.8 Å². The molecule has 8 nitrogen and oxygen atoms in total. The van der Waals surface area contributed by atoms with Gasteiger partial charge in [-0.25, -0.2) is 9.97 Å². The molecule has 8 heteroatoms. The van der Waals surface area contributed by atoms with Crippen molar-refractivity contribution in [2.24, 2.45) is 0 Å². The number of nitrogen functional groups attached to an aromatic ring is 1. The van der Waals surface area contributed by atoms with E-state index in [4.69, 9.17) is 5.73 Å². The van der Waals surface area contributed by atoms with Crippen molar-refractivity contribution in [3.8, 4) is 0 Å². The van der Waals surface area contributed by atoms with Crippen molar-refractivity contribution in [1.29, 1.82) is 0 Å². The van der Waals surface area contributed by atoms with Gasteiger partial charge in [-0.3, -0.25) is 9.59 Å². The molecule has 3 heterocycles. The zero-order valence-electron chi connectivity index (χ0n) is 17.8. The fourth-order valence-corrected chi connectivity index (χ4v) is 4.22. The van der Waals surface area contributed by atoms with Crippen molar-refractivity contribution in [3.63, 3.8) is 0 Å². The molecule has 0 bridgehead atoms. The molecule has 0 aliphatic carbocycles. The number of hydrogen-bond donors (Lipinski definition) is 2. The molecule has 2 aromatic heterocycles. The second-order valence-electron chi connectivity index (χ2n) is 8.20. The molecule has 1 aromatic carbocycles. The minimum absolute atomic E-state index is 0.0369. The first-order chi connectivity index (χ1) is 15.5. The number of pyridine rings is 1. The minimum atomic E-state index is -0.939. The van der Waals surface area contributed by atoms with E-state index in [1.165, 1.54) is 0 Å². The molecular weight excluding hydrogens is 406 g/mol. The number of benzene rings is 1. The number of imidazole rings is 1. The summed E-state index contributed by atoms with van der Waals surface area (Å²) in [4.78, 5) is 35.3. The Morgan fingerprint density at radius 1 is 1.12 bits per heavy atom. The second-order valence-corrected chi connectivity index (χ2v) is 8.20. The molecule has 32 heavy (non-hydrogen) atoms. The topological polar surface area (TPSA) is 114 Å². The fraction of sp³-hybridized carbons (Fsp3) is 0.333. The van der Waals surface area contributed by atoms with Crippen LogP contribution in [0.4, 0.5) is 5.82 Å². The minimum Gasteiger partial charge on any atom is -0.481 e. The summed E-state index contributed by atoms with van der Waals surface area (Å²) in [5.41, 5.74) is 7.58. The van der Waals surface area contributed by atoms with E-state index >= 15 is 0 Å². The van der Waals surface area contributed by atoms with Gasteiger partial charge in [0, 0.05) is 37.1 Å². The molecule has 3 aromatic rings. The van der Waals surface area contributed by atoms with Gasteiger partial charge in [-0.05, 0) is 49.4 Å². The highest BCUT2D eigenvalue weighted by Gasteiger charge is 2.29. The van der Waals surface area contributed by atoms with Gasteiger partial charge in [0.15, 0.2) is 0 Å². The van der Waals surface area contributed by atoms with E-state index in [2.05, 4.69) is 9.97 Å². The Morgan fingerprint density at radius 3 is 2.66 bits per heavy atom. The number of carbonyl (C=O) groups is 2. The lowest BCUT2D eigenvalue weighted by atomic mass is 9.97. The lowest BCUT2D eigenvalue weighted by molar-refractivity contribution is -0.138. The number of piperidine rings is 1. The van der Waals surface area contributed by atoms with Crippen molar-refractivity contribution >= 4 is 17.7 Å². The van der Waals surface area contributed by atoms with Gasteiger partial charge >= 0.3 is 5.97 Å². The Balaban J connectivity index is 1.48. The fourth-order valence-electron chi connectivity index (χ4n) is 4.22. The van der Waals surface area contributed by atoms with Crippen LogP contribution in [0.5, 0.6) is 0 Å². The predicted molar refractivity (Wildman–Crippen MR) is 120 cm³/mol. The van der Waals surface area contributed by atoms with Crippen LogP contribution in [0.15, 0.2) is 61.2 Å². The molecule has 166 valence electrons. The van der Waals surface area contributed by atoms with Crippen LogP contribution in [0.2, 0.25) is 0 Å². The van der Waals surface area contributed by atoms with Gasteiger partial charge in [-0.2, -0.15) is 0 Å². The first kappa shape index (κ1) is 21.5. The van der Waals surface area contributed by atoms with Gasteiger partial charge in [-0.1, -0.05) is 24.3 Å². The quantitative estimate of drug-likeness (QED) is 0.592. The molecule has 0 saturated carbocycles. The van der Waals surface area contributed by atoms with Crippen LogP contribution >= 0.6 is 0 Å². The molecule has 1 amide bonds. The van der Waals surface area contributed by atoms with Crippen molar-refractivity contribution < 1.29 is 14.7 Å². The predicted octanol–water partition coefficient (Wildman–Crippen LogP) is 2.97. The van der Waals surface area contributed by atoms with Crippen LogP contribution in [0, 0.1) is 0 Å². The Labute approximate surface area is 186 Å². The third-order valence-corrected chi connectivity index (χ3v) is 5.93. The summed E-state index contributed by atoms with van der Waals surface area (Å²) < 4.78 is 1.90. The van der Waals surface area contributed by atoms with Gasteiger partial charge in [0.25, 0.3) is 5.91 Å². The van der Waals surface area contributed by atoms with Crippen molar-refractivity contribution in [1.82, 2.24) is 19.4 Å². The van der Waals surface area contributed by atoms with Crippen LogP contribution in [-0.4, -0.2) is 49.0 Å². The first-order valence-corrected chi connectivity index (χ1v) is 10.8. The summed E-state index contributed by atoms with van der Waals surface area (Å²) >= 11 is 0. The smallest absolute Gasteiger partial charge is 0.312 e. The molecule has 1 aliphatic rings. The van der Waals surface area contributed by atoms with Crippen LogP contribution in [-0.2, 0) is 17.8 Å². The summed E-state index contributed by atoms with van der Waals surface area (Å²) in [7, 11) is 0. The number of amides is 1. The van der Waals surface area contributed by atoms with E-state index in [-0.39, 0.29) is 18.4 Å². The van der Waals surface area contributed by atoms with E-state index in [0.29, 0.717) is 23.6 Å². The SMILES string of the molecule is Nc1ccc(CC(C(=O)O)c2cn(CC3CCCCN3C(=O)c3ccccc3)cn2)cn1. The summed E-state index contributed by atoms with van der Waals surface area (Å²) in [6.07, 6.45) is 8.27. The van der Waals surface area contributed by atoms with E-state index in [1.807, 2.05) is 39.8 Å². The highest BCUT2D eigenvalue weighted by molar-refractivity contribution is 5.94. The summed E-state index contributed by atoms with van der Waals surface area (Å²) in [5.74, 6) is -1.29. The number of hydrogen-bond acceptors (Lipinski definition) is 5. The van der Waals surface area contributed by atoms with Crippen LogP contribution in [0.25, 0.3) is 0 Å². The Morgan fingerprint density at radius 2 is 1.94 bits per heavy atom. The number of nitrogens with zero attached hydrogens (tertiary/aromatic N) is 4. The first-order valence-electron chi connectivity index (χ1n) is 10.8. The third-order valence-electron chi connectivity index (χ3n) is 5.93. The molecule has 1 saturated heterocycles. The lowest BCUT2D eigenvalue weighted by Crippen LogP contribution is -2.45. The van der Waals surface area contributed by atoms with E-state index in [9.17, 15) is 14.7 Å². The van der Waals surface area contributed by atoms with Crippen LogP contribution in [0.3, 0.4) is 0 Å². The van der Waals surface area contributed by atoms with Gasteiger partial charge in [0.05, 0.1) is 12.0 Å². The molecule has 4 rings (SSSR count). The monoisotopic (exact) mass is 433 g/mol. The molecule has 0 spiro atoms. The largest absolute Gasteiger partial charge is 0.481 e. The normalized spacial score (nSPS) is 17.1. The molecular formula is C24H27N5O3. The molecule has 2 atom stereocenters. The zero-order valence-corrected chi connectivity index (χ0v) is 17.8. The Bertz CT molecular complexity index is 1060. The molecule has 3 N–H and O–H groups in total. The van der Waals surface area contributed by atoms with Crippen molar-refractivity contribution in [2.75, 3.05) is 12.3 Å². The van der Waals surface area contributed by atoms with E-state index in [0.717, 1.165) is 31.4 Å². The van der Waals surface area contributed by atoms with E-state index < -0.39 is 11.9 Å². The highest BCUT2D eigenvalue weighted by Crippen LogP contribution is 2.23. The van der Waals surface area contributed by atoms with Gasteiger partial charge in [0.1, 0.15) is 11.7 Å². The van der Waals surface area contributed by atoms with Gasteiger partial charge in [-0.15, -0.1) is 0 Å². The summed E-state index contributed by atoms with van der Waals surface area (Å²) in [6, 6.07) is 12.8. The average molecular weight is 434 g/mol. The summed E-state index contributed by atoms with van der Waals surface area (Å²) in [5, 5.41) is 9.77. The average Bonchev–Trinajstić information content (AvgIpc) is 3.27. The maximum atomic E-state index is 13.0. The van der Waals surface area contributed by atoms with E-state index in [1.54, 1.807) is 30.9 Å². The Kier molecular flexibility index (Phi) is 6.49. The molecule has 1 fully saturated rings. The van der Waals surface area contributed by atoms with Gasteiger partial charge < -0.3 is 20.3 Å². The summed E-state index contributed by atoms with van der Waals surface area (Å²) in [6.45, 7) is 1.31. The number of nitrogens with two attached hydrogens (primary N) is 1. The number of aliphatic carboxylic acids is 1. The standard InChI is InChI=1S/C24H27N5O3/c25-22-10-9-17(13-26-22)12-20(24(31)32)21-15-28(16-27-21)14-19-8-4-5-11-29(19)23(30)18-6-2-1-3-7-18/h1-3,6-7,9-10,13,15-16,19-20H,4-5,8,11-12,14H2,(H2,25,26)(H,31,32). The van der Waals surface area contributed by atoms with Crippen molar-refractivity contribution in [2.45, 2.75) is 44.2 Å². The number of carboxylic acid groups (broad SMARTS) is 1. The zero-order chi connectivity index (χ0) is 22.5. The number of carboxylic acids is 1. The Hall–Kier alpha value is -3.68. The molecule has 1 aliphatic heterocycles. The lowest BCUT2D eigenvalue weighted by Gasteiger charge is -2.36. The number of likely N-dealkylation sites (tertiary alicyclic amines) is 1. The molecule has 2 unspecified atom stereocenters. The number of anilines is 1. The molecule has 0 radical (unpaired) electrons. The third kappa shape index (κ3) is 4.96. The van der Waals surface area contributed by atoms with Crippen molar-refractivity contribution in [3.05, 3.63) is 78.0 Å². The number of carbonyl (C=O) groups excluding carboxylic acids is 1. The maximum Gasteiger partial charge on any atom is 0.312 e. The maximum absolute atomic E-state index is 13.0.